The number of hydrogen-bond donors (Lipinski definition) is 2. The van der Waals surface area contributed by atoms with E-state index in [0.29, 0.717) is 23.6 Å². The zero-order valence-corrected chi connectivity index (χ0v) is 11.8. The molecule has 0 bridgehead atoms. The lowest BCUT2D eigenvalue weighted by Gasteiger charge is -2.42. The monoisotopic (exact) mass is 296 g/mol. The molecule has 1 aromatic carbocycles. The van der Waals surface area contributed by atoms with Crippen LogP contribution in [-0.4, -0.2) is 30.1 Å². The van der Waals surface area contributed by atoms with Crippen LogP contribution < -0.4 is 10.6 Å². The Bertz CT molecular complexity index is 523. The standard InChI is InChI=1S/C14H17ClN2O3/c15-10-3-1-4-11(7-10)17(8-12(18)19)13(20)14(9-16)5-2-6-14/h1,3-4,7H,2,5-6,8-9,16H2,(H,18,19). The summed E-state index contributed by atoms with van der Waals surface area (Å²) in [7, 11) is 0. The maximum absolute atomic E-state index is 12.7. The number of carboxylic acid groups (broad SMARTS) is 1. The van der Waals surface area contributed by atoms with Gasteiger partial charge in [-0.05, 0) is 31.0 Å². The van der Waals surface area contributed by atoms with Crippen molar-refractivity contribution in [1.29, 1.82) is 0 Å². The average molecular weight is 297 g/mol. The smallest absolute Gasteiger partial charge is 0.323 e. The van der Waals surface area contributed by atoms with Gasteiger partial charge in [-0.1, -0.05) is 24.1 Å². The number of amides is 1. The number of rotatable bonds is 5. The minimum absolute atomic E-state index is 0.226. The zero-order valence-electron chi connectivity index (χ0n) is 11.0. The topological polar surface area (TPSA) is 83.6 Å². The molecule has 1 amide bonds. The van der Waals surface area contributed by atoms with Gasteiger partial charge >= 0.3 is 5.97 Å². The van der Waals surface area contributed by atoms with Crippen LogP contribution in [0, 0.1) is 5.41 Å². The normalized spacial score (nSPS) is 16.3. The molecular weight excluding hydrogens is 280 g/mol. The Labute approximate surface area is 122 Å². The first-order chi connectivity index (χ1) is 9.48. The third kappa shape index (κ3) is 2.78. The van der Waals surface area contributed by atoms with E-state index in [2.05, 4.69) is 0 Å². The Kier molecular flexibility index (Phi) is 4.30. The molecule has 1 aromatic rings. The number of halogens is 1. The van der Waals surface area contributed by atoms with E-state index in [1.54, 1.807) is 24.3 Å². The minimum Gasteiger partial charge on any atom is -0.480 e. The molecule has 0 aliphatic heterocycles. The molecule has 0 unspecified atom stereocenters. The number of carbonyl (C=O) groups excluding carboxylic acids is 1. The van der Waals surface area contributed by atoms with E-state index in [0.717, 1.165) is 6.42 Å². The third-order valence-electron chi connectivity index (χ3n) is 3.81. The van der Waals surface area contributed by atoms with Gasteiger partial charge in [0.15, 0.2) is 0 Å². The highest BCUT2D eigenvalue weighted by molar-refractivity contribution is 6.31. The van der Waals surface area contributed by atoms with E-state index in [1.165, 1.54) is 4.90 Å². The molecular formula is C14H17ClN2O3. The average Bonchev–Trinajstić information content (AvgIpc) is 2.35. The van der Waals surface area contributed by atoms with Crippen LogP contribution in [-0.2, 0) is 9.59 Å². The lowest BCUT2D eigenvalue weighted by Crippen LogP contribution is -2.53. The maximum Gasteiger partial charge on any atom is 0.323 e. The van der Waals surface area contributed by atoms with Crippen LogP contribution in [0.25, 0.3) is 0 Å². The molecule has 6 heteroatoms. The largest absolute Gasteiger partial charge is 0.480 e. The number of nitrogens with zero attached hydrogens (tertiary/aromatic N) is 1. The van der Waals surface area contributed by atoms with Gasteiger partial charge in [0.25, 0.3) is 0 Å². The van der Waals surface area contributed by atoms with E-state index in [-0.39, 0.29) is 19.0 Å². The van der Waals surface area contributed by atoms with Crippen molar-refractivity contribution in [2.75, 3.05) is 18.0 Å². The summed E-state index contributed by atoms with van der Waals surface area (Å²) < 4.78 is 0. The van der Waals surface area contributed by atoms with Gasteiger partial charge in [0.1, 0.15) is 6.54 Å². The zero-order chi connectivity index (χ0) is 14.8. The first-order valence-electron chi connectivity index (χ1n) is 6.48. The SMILES string of the molecule is NCC1(C(=O)N(CC(=O)O)c2cccc(Cl)c2)CCC1. The second-order valence-electron chi connectivity index (χ2n) is 5.10. The second kappa shape index (κ2) is 5.81. The van der Waals surface area contributed by atoms with Gasteiger partial charge in [-0.3, -0.25) is 9.59 Å². The molecule has 1 aliphatic carbocycles. The molecule has 0 atom stereocenters. The summed E-state index contributed by atoms with van der Waals surface area (Å²) in [6.45, 7) is -0.149. The minimum atomic E-state index is -1.06. The van der Waals surface area contributed by atoms with Crippen molar-refractivity contribution < 1.29 is 14.7 Å². The summed E-state index contributed by atoms with van der Waals surface area (Å²) in [5.41, 5.74) is 5.60. The maximum atomic E-state index is 12.7. The van der Waals surface area contributed by atoms with Crippen molar-refractivity contribution in [3.8, 4) is 0 Å². The Hall–Kier alpha value is -1.59. The van der Waals surface area contributed by atoms with Gasteiger partial charge in [0, 0.05) is 17.3 Å². The number of hydrogen-bond acceptors (Lipinski definition) is 3. The van der Waals surface area contributed by atoms with Crippen molar-refractivity contribution in [1.82, 2.24) is 0 Å². The van der Waals surface area contributed by atoms with Gasteiger partial charge in [-0.15, -0.1) is 0 Å². The third-order valence-corrected chi connectivity index (χ3v) is 4.05. The Morgan fingerprint density at radius 1 is 1.40 bits per heavy atom. The first kappa shape index (κ1) is 14.8. The summed E-state index contributed by atoms with van der Waals surface area (Å²) in [4.78, 5) is 25.0. The Morgan fingerprint density at radius 2 is 2.10 bits per heavy atom. The number of anilines is 1. The molecule has 108 valence electrons. The molecule has 0 spiro atoms. The number of aliphatic carboxylic acids is 1. The molecule has 1 saturated carbocycles. The number of carboxylic acids is 1. The Balaban J connectivity index is 2.32. The fraction of sp³-hybridized carbons (Fsp3) is 0.429. The van der Waals surface area contributed by atoms with Crippen LogP contribution in [0.15, 0.2) is 24.3 Å². The first-order valence-corrected chi connectivity index (χ1v) is 6.86. The van der Waals surface area contributed by atoms with Crippen molar-refractivity contribution in [3.63, 3.8) is 0 Å². The molecule has 0 radical (unpaired) electrons. The molecule has 1 fully saturated rings. The quantitative estimate of drug-likeness (QED) is 0.869. The molecule has 0 aromatic heterocycles. The molecule has 0 heterocycles. The van der Waals surface area contributed by atoms with Crippen LogP contribution in [0.3, 0.4) is 0 Å². The Morgan fingerprint density at radius 3 is 2.55 bits per heavy atom. The lowest BCUT2D eigenvalue weighted by molar-refractivity contribution is -0.139. The molecule has 5 nitrogen and oxygen atoms in total. The lowest BCUT2D eigenvalue weighted by atomic mass is 9.67. The molecule has 2 rings (SSSR count). The summed E-state index contributed by atoms with van der Waals surface area (Å²) in [6, 6.07) is 6.63. The number of nitrogens with two attached hydrogens (primary N) is 1. The predicted molar refractivity (Wildman–Crippen MR) is 76.8 cm³/mol. The second-order valence-corrected chi connectivity index (χ2v) is 5.54. The van der Waals surface area contributed by atoms with Crippen molar-refractivity contribution in [2.45, 2.75) is 19.3 Å². The van der Waals surface area contributed by atoms with Gasteiger partial charge in [0.2, 0.25) is 5.91 Å². The summed E-state index contributed by atoms with van der Waals surface area (Å²) >= 11 is 5.92. The fourth-order valence-corrected chi connectivity index (χ4v) is 2.64. The number of benzene rings is 1. The van der Waals surface area contributed by atoms with E-state index in [1.807, 2.05) is 0 Å². The van der Waals surface area contributed by atoms with E-state index >= 15 is 0 Å². The molecule has 1 aliphatic rings. The predicted octanol–water partition coefficient (Wildman–Crippen LogP) is 1.89. The van der Waals surface area contributed by atoms with Crippen LogP contribution in [0.2, 0.25) is 5.02 Å². The van der Waals surface area contributed by atoms with Crippen molar-refractivity contribution in [3.05, 3.63) is 29.3 Å². The van der Waals surface area contributed by atoms with E-state index in [4.69, 9.17) is 22.4 Å². The summed E-state index contributed by atoms with van der Waals surface area (Å²) in [5.74, 6) is -1.29. The van der Waals surface area contributed by atoms with Crippen molar-refractivity contribution >= 4 is 29.2 Å². The molecule has 20 heavy (non-hydrogen) atoms. The van der Waals surface area contributed by atoms with Gasteiger partial charge in [-0.2, -0.15) is 0 Å². The van der Waals surface area contributed by atoms with E-state index in [9.17, 15) is 9.59 Å². The van der Waals surface area contributed by atoms with E-state index < -0.39 is 11.4 Å². The molecule has 0 saturated heterocycles. The van der Waals surface area contributed by atoms with Crippen LogP contribution in [0.5, 0.6) is 0 Å². The van der Waals surface area contributed by atoms with Crippen LogP contribution in [0.1, 0.15) is 19.3 Å². The summed E-state index contributed by atoms with van der Waals surface area (Å²) in [5, 5.41) is 9.49. The van der Waals surface area contributed by atoms with Crippen LogP contribution in [0.4, 0.5) is 5.69 Å². The highest BCUT2D eigenvalue weighted by atomic mass is 35.5. The summed E-state index contributed by atoms with van der Waals surface area (Å²) in [6.07, 6.45) is 2.36. The fourth-order valence-electron chi connectivity index (χ4n) is 2.45. The van der Waals surface area contributed by atoms with Crippen molar-refractivity contribution in [2.24, 2.45) is 11.1 Å². The van der Waals surface area contributed by atoms with Gasteiger partial charge < -0.3 is 15.7 Å². The van der Waals surface area contributed by atoms with Gasteiger partial charge in [0.05, 0.1) is 5.41 Å². The van der Waals surface area contributed by atoms with Gasteiger partial charge in [-0.25, -0.2) is 0 Å². The molecule has 3 N–H and O–H groups in total. The van der Waals surface area contributed by atoms with Crippen LogP contribution >= 0.6 is 11.6 Å². The highest BCUT2D eigenvalue weighted by Gasteiger charge is 2.45. The number of carbonyl (C=O) groups is 2. The highest BCUT2D eigenvalue weighted by Crippen LogP contribution is 2.42.